The summed E-state index contributed by atoms with van der Waals surface area (Å²) in [5, 5.41) is 6.48. The fraction of sp³-hybridized carbons (Fsp3) is 0.100. The summed E-state index contributed by atoms with van der Waals surface area (Å²) >= 11 is 6.03. The molecule has 0 unspecified atom stereocenters. The van der Waals surface area contributed by atoms with Crippen LogP contribution in [0.2, 0.25) is 5.02 Å². The number of nitrogens with zero attached hydrogens (tertiary/aromatic N) is 1. The van der Waals surface area contributed by atoms with Crippen molar-refractivity contribution in [3.8, 4) is 5.75 Å². The molecule has 0 radical (unpaired) electrons. The van der Waals surface area contributed by atoms with Crippen LogP contribution >= 0.6 is 11.6 Å². The Morgan fingerprint density at radius 3 is 2.67 bits per heavy atom. The van der Waals surface area contributed by atoms with Crippen LogP contribution in [0.25, 0.3) is 0 Å². The summed E-state index contributed by atoms with van der Waals surface area (Å²) in [7, 11) is 1.56. The number of hydrogen-bond donors (Lipinski definition) is 2. The highest BCUT2D eigenvalue weighted by molar-refractivity contribution is 6.31. The summed E-state index contributed by atoms with van der Waals surface area (Å²) in [4.78, 5) is 16.5. The first-order valence-electron chi connectivity index (χ1n) is 8.13. The Kier molecular flexibility index (Phi) is 5.88. The molecule has 138 valence electrons. The minimum Gasteiger partial charge on any atom is -0.495 e. The first kappa shape index (κ1) is 18.7. The lowest BCUT2D eigenvalue weighted by Crippen LogP contribution is -2.23. The predicted octanol–water partition coefficient (Wildman–Crippen LogP) is 4.56. The second-order valence-corrected chi connectivity index (χ2v) is 6.18. The number of hydrogen-bond acceptors (Lipinski definition) is 4. The molecule has 27 heavy (non-hydrogen) atoms. The Morgan fingerprint density at radius 2 is 1.93 bits per heavy atom. The standard InChI is InChI=1S/C20H17ClFN3O2/c1-27-19-7-4-15(21)9-18(19)25-17-8-14(11-23-12-17)20(26)24-10-13-2-5-16(22)6-3-13/h2-9,11-12,25H,10H2,1H3,(H,24,26). The lowest BCUT2D eigenvalue weighted by Gasteiger charge is -2.12. The highest BCUT2D eigenvalue weighted by atomic mass is 35.5. The lowest BCUT2D eigenvalue weighted by atomic mass is 10.2. The van der Waals surface area contributed by atoms with Crippen molar-refractivity contribution >= 4 is 28.9 Å². The molecule has 0 aliphatic heterocycles. The van der Waals surface area contributed by atoms with Gasteiger partial charge in [0.15, 0.2) is 0 Å². The topological polar surface area (TPSA) is 63.2 Å². The number of aromatic nitrogens is 1. The molecular formula is C20H17ClFN3O2. The monoisotopic (exact) mass is 385 g/mol. The van der Waals surface area contributed by atoms with E-state index in [2.05, 4.69) is 15.6 Å². The second kappa shape index (κ2) is 8.51. The molecule has 0 spiro atoms. The van der Waals surface area contributed by atoms with Crippen molar-refractivity contribution in [3.05, 3.63) is 82.9 Å². The molecule has 0 fully saturated rings. The number of carbonyl (C=O) groups excluding carboxylic acids is 1. The third-order valence-electron chi connectivity index (χ3n) is 3.81. The number of halogens is 2. The fourth-order valence-electron chi connectivity index (χ4n) is 2.45. The Balaban J connectivity index is 1.70. The molecule has 1 aromatic heterocycles. The van der Waals surface area contributed by atoms with Crippen LogP contribution in [0, 0.1) is 5.82 Å². The van der Waals surface area contributed by atoms with Gasteiger partial charge >= 0.3 is 0 Å². The Hall–Kier alpha value is -3.12. The number of rotatable bonds is 6. The zero-order valence-corrected chi connectivity index (χ0v) is 15.3. The van der Waals surface area contributed by atoms with Gasteiger partial charge in [0, 0.05) is 17.8 Å². The van der Waals surface area contributed by atoms with Crippen LogP contribution in [0.4, 0.5) is 15.8 Å². The smallest absolute Gasteiger partial charge is 0.253 e. The van der Waals surface area contributed by atoms with Gasteiger partial charge in [0.25, 0.3) is 5.91 Å². The maximum atomic E-state index is 12.9. The minimum absolute atomic E-state index is 0.284. The van der Waals surface area contributed by atoms with E-state index < -0.39 is 0 Å². The van der Waals surface area contributed by atoms with Crippen LogP contribution in [0.5, 0.6) is 5.75 Å². The summed E-state index contributed by atoms with van der Waals surface area (Å²) in [5.74, 6) is 0.0172. The van der Waals surface area contributed by atoms with Crippen molar-refractivity contribution in [2.75, 3.05) is 12.4 Å². The molecule has 2 N–H and O–H groups in total. The molecule has 3 rings (SSSR count). The van der Waals surface area contributed by atoms with Crippen molar-refractivity contribution in [3.63, 3.8) is 0 Å². The maximum absolute atomic E-state index is 12.9. The van der Waals surface area contributed by atoms with Gasteiger partial charge in [-0.1, -0.05) is 23.7 Å². The van der Waals surface area contributed by atoms with Crippen LogP contribution in [-0.2, 0) is 6.54 Å². The highest BCUT2D eigenvalue weighted by Gasteiger charge is 2.09. The number of amides is 1. The molecule has 3 aromatic rings. The van der Waals surface area contributed by atoms with Crippen molar-refractivity contribution in [2.45, 2.75) is 6.54 Å². The molecule has 0 saturated carbocycles. The quantitative estimate of drug-likeness (QED) is 0.653. The normalized spacial score (nSPS) is 10.3. The largest absolute Gasteiger partial charge is 0.495 e. The average molecular weight is 386 g/mol. The molecule has 0 saturated heterocycles. The van der Waals surface area contributed by atoms with E-state index in [9.17, 15) is 9.18 Å². The number of ether oxygens (including phenoxy) is 1. The molecule has 0 atom stereocenters. The van der Waals surface area contributed by atoms with Gasteiger partial charge in [0.1, 0.15) is 11.6 Å². The predicted molar refractivity (Wildman–Crippen MR) is 103 cm³/mol. The van der Waals surface area contributed by atoms with Gasteiger partial charge in [-0.3, -0.25) is 9.78 Å². The van der Waals surface area contributed by atoms with E-state index in [0.717, 1.165) is 5.56 Å². The SMILES string of the molecule is COc1ccc(Cl)cc1Nc1cncc(C(=O)NCc2ccc(F)cc2)c1. The van der Waals surface area contributed by atoms with Crippen LogP contribution in [0.1, 0.15) is 15.9 Å². The maximum Gasteiger partial charge on any atom is 0.253 e. The van der Waals surface area contributed by atoms with Gasteiger partial charge in [-0.05, 0) is 42.0 Å². The van der Waals surface area contributed by atoms with Gasteiger partial charge in [-0.2, -0.15) is 0 Å². The van der Waals surface area contributed by atoms with Crippen LogP contribution < -0.4 is 15.4 Å². The lowest BCUT2D eigenvalue weighted by molar-refractivity contribution is 0.0950. The zero-order chi connectivity index (χ0) is 19.2. The van der Waals surface area contributed by atoms with E-state index in [-0.39, 0.29) is 11.7 Å². The number of pyridine rings is 1. The Bertz CT molecular complexity index is 948. The van der Waals surface area contributed by atoms with Crippen LogP contribution in [0.3, 0.4) is 0 Å². The molecule has 1 heterocycles. The van der Waals surface area contributed by atoms with E-state index >= 15 is 0 Å². The third-order valence-corrected chi connectivity index (χ3v) is 4.04. The number of benzene rings is 2. The van der Waals surface area contributed by atoms with Gasteiger partial charge in [0.2, 0.25) is 0 Å². The van der Waals surface area contributed by atoms with E-state index in [4.69, 9.17) is 16.3 Å². The third kappa shape index (κ3) is 4.95. The van der Waals surface area contributed by atoms with Crippen molar-refractivity contribution in [1.29, 1.82) is 0 Å². The average Bonchev–Trinajstić information content (AvgIpc) is 2.68. The summed E-state index contributed by atoms with van der Waals surface area (Å²) in [6.07, 6.45) is 3.07. The number of anilines is 2. The second-order valence-electron chi connectivity index (χ2n) is 5.74. The number of nitrogens with one attached hydrogen (secondary N) is 2. The summed E-state index contributed by atoms with van der Waals surface area (Å²) in [6.45, 7) is 0.291. The molecular weight excluding hydrogens is 369 g/mol. The van der Waals surface area contributed by atoms with E-state index in [1.165, 1.54) is 18.3 Å². The minimum atomic E-state index is -0.315. The fourth-order valence-corrected chi connectivity index (χ4v) is 2.62. The molecule has 2 aromatic carbocycles. The van der Waals surface area contributed by atoms with E-state index in [1.807, 2.05) is 0 Å². The van der Waals surface area contributed by atoms with E-state index in [0.29, 0.717) is 34.3 Å². The molecule has 0 aliphatic rings. The van der Waals surface area contributed by atoms with Gasteiger partial charge in [-0.15, -0.1) is 0 Å². The van der Waals surface area contributed by atoms with E-state index in [1.54, 1.807) is 49.7 Å². The molecule has 5 nitrogen and oxygen atoms in total. The van der Waals surface area contributed by atoms with Crippen molar-refractivity contribution in [2.24, 2.45) is 0 Å². The first-order chi connectivity index (χ1) is 13.0. The van der Waals surface area contributed by atoms with Crippen molar-refractivity contribution in [1.82, 2.24) is 10.3 Å². The highest BCUT2D eigenvalue weighted by Crippen LogP contribution is 2.30. The van der Waals surface area contributed by atoms with Gasteiger partial charge < -0.3 is 15.4 Å². The van der Waals surface area contributed by atoms with Gasteiger partial charge in [-0.25, -0.2) is 4.39 Å². The van der Waals surface area contributed by atoms with Crippen LogP contribution in [0.15, 0.2) is 60.9 Å². The summed E-state index contributed by atoms with van der Waals surface area (Å²) in [5.41, 5.74) is 2.47. The summed E-state index contributed by atoms with van der Waals surface area (Å²) in [6, 6.07) is 12.8. The summed E-state index contributed by atoms with van der Waals surface area (Å²) < 4.78 is 18.2. The number of methoxy groups -OCH3 is 1. The first-order valence-corrected chi connectivity index (χ1v) is 8.51. The Morgan fingerprint density at radius 1 is 1.15 bits per heavy atom. The molecule has 1 amide bonds. The Labute approximate surface area is 161 Å². The molecule has 7 heteroatoms. The molecule has 0 aliphatic carbocycles. The zero-order valence-electron chi connectivity index (χ0n) is 14.5. The number of carbonyl (C=O) groups is 1. The van der Waals surface area contributed by atoms with Crippen molar-refractivity contribution < 1.29 is 13.9 Å². The van der Waals surface area contributed by atoms with Gasteiger partial charge in [0.05, 0.1) is 30.2 Å². The van der Waals surface area contributed by atoms with Crippen LogP contribution in [-0.4, -0.2) is 18.0 Å². The molecule has 0 bridgehead atoms.